The Balaban J connectivity index is 1.45. The predicted octanol–water partition coefficient (Wildman–Crippen LogP) is 3.98. The van der Waals surface area contributed by atoms with Gasteiger partial charge in [-0.25, -0.2) is 0 Å². The van der Waals surface area contributed by atoms with Gasteiger partial charge in [-0.05, 0) is 79.1 Å². The minimum Gasteiger partial charge on any atom is -0.341 e. The SMILES string of the molecule is CC1(C)CN(CCN(c2nc(N3CCCCC3)nc(N3CCCCC3)n2)C2CCCCC2)C(=O)C(C)(C)N1. The van der Waals surface area contributed by atoms with Crippen molar-refractivity contribution in [3.8, 4) is 0 Å². The van der Waals surface area contributed by atoms with Gasteiger partial charge in [0.05, 0.1) is 5.54 Å². The molecule has 38 heavy (non-hydrogen) atoms. The number of hydrogen-bond acceptors (Lipinski definition) is 8. The maximum atomic E-state index is 13.4. The smallest absolute Gasteiger partial charge is 0.242 e. The van der Waals surface area contributed by atoms with E-state index in [1.165, 1.54) is 57.8 Å². The predicted molar refractivity (Wildman–Crippen MR) is 154 cm³/mol. The Morgan fingerprint density at radius 1 is 0.789 bits per heavy atom. The summed E-state index contributed by atoms with van der Waals surface area (Å²) < 4.78 is 0. The fraction of sp³-hybridized carbons (Fsp3) is 0.862. The van der Waals surface area contributed by atoms with Crippen LogP contribution in [0, 0.1) is 0 Å². The molecule has 1 saturated carbocycles. The summed E-state index contributed by atoms with van der Waals surface area (Å²) in [6.07, 6.45) is 13.5. The Bertz CT molecular complexity index is 912. The van der Waals surface area contributed by atoms with Gasteiger partial charge in [-0.15, -0.1) is 0 Å². The first-order valence-electron chi connectivity index (χ1n) is 15.3. The number of anilines is 3. The fourth-order valence-corrected chi connectivity index (χ4v) is 7.07. The van der Waals surface area contributed by atoms with Crippen molar-refractivity contribution in [1.82, 2.24) is 25.2 Å². The molecule has 3 saturated heterocycles. The molecule has 1 aromatic rings. The van der Waals surface area contributed by atoms with Crippen molar-refractivity contribution in [2.75, 3.05) is 60.5 Å². The van der Waals surface area contributed by atoms with Crippen molar-refractivity contribution in [3.63, 3.8) is 0 Å². The topological polar surface area (TPSA) is 80.7 Å². The van der Waals surface area contributed by atoms with Crippen LogP contribution >= 0.6 is 0 Å². The normalized spacial score (nSPS) is 24.5. The largest absolute Gasteiger partial charge is 0.341 e. The van der Waals surface area contributed by atoms with Crippen molar-refractivity contribution < 1.29 is 4.79 Å². The quantitative estimate of drug-likeness (QED) is 0.572. The van der Waals surface area contributed by atoms with Gasteiger partial charge in [-0.1, -0.05) is 19.3 Å². The van der Waals surface area contributed by atoms with E-state index in [4.69, 9.17) is 15.0 Å². The Morgan fingerprint density at radius 2 is 1.32 bits per heavy atom. The van der Waals surface area contributed by atoms with Crippen molar-refractivity contribution in [1.29, 1.82) is 0 Å². The van der Waals surface area contributed by atoms with Gasteiger partial charge >= 0.3 is 0 Å². The highest BCUT2D eigenvalue weighted by molar-refractivity contribution is 5.86. The molecule has 212 valence electrons. The number of nitrogens with one attached hydrogen (secondary N) is 1. The van der Waals surface area contributed by atoms with Crippen LogP contribution in [0.1, 0.15) is 98.3 Å². The van der Waals surface area contributed by atoms with E-state index in [1.54, 1.807) is 0 Å². The molecule has 0 unspecified atom stereocenters. The molecular weight excluding hydrogens is 476 g/mol. The molecule has 5 rings (SSSR count). The van der Waals surface area contributed by atoms with E-state index in [1.807, 2.05) is 13.8 Å². The van der Waals surface area contributed by atoms with E-state index in [-0.39, 0.29) is 11.4 Å². The highest BCUT2D eigenvalue weighted by Crippen LogP contribution is 2.30. The molecule has 1 N–H and O–H groups in total. The standard InChI is InChI=1S/C29H50N8O/c1-28(2)22-36(24(38)29(3,4)33-28)20-21-37(23-14-8-5-9-15-23)27-31-25(34-16-10-6-11-17-34)30-26(32-27)35-18-12-7-13-19-35/h23,33H,5-22H2,1-4H3. The zero-order valence-electron chi connectivity index (χ0n) is 24.3. The number of amides is 1. The molecule has 9 heteroatoms. The summed E-state index contributed by atoms with van der Waals surface area (Å²) in [4.78, 5) is 38.0. The lowest BCUT2D eigenvalue weighted by Crippen LogP contribution is -2.70. The molecule has 4 heterocycles. The molecule has 1 aromatic heterocycles. The molecular formula is C29H50N8O. The summed E-state index contributed by atoms with van der Waals surface area (Å²) in [5.74, 6) is 2.68. The lowest BCUT2D eigenvalue weighted by Gasteiger charge is -2.48. The molecule has 3 aliphatic heterocycles. The summed E-state index contributed by atoms with van der Waals surface area (Å²) >= 11 is 0. The van der Waals surface area contributed by atoms with Crippen molar-refractivity contribution >= 4 is 23.8 Å². The van der Waals surface area contributed by atoms with Crippen LogP contribution in [0.25, 0.3) is 0 Å². The van der Waals surface area contributed by atoms with Gasteiger partial charge in [0, 0.05) is 57.4 Å². The van der Waals surface area contributed by atoms with Crippen LogP contribution in [0.3, 0.4) is 0 Å². The second kappa shape index (κ2) is 11.5. The Hall–Kier alpha value is -2.16. The number of piperazine rings is 1. The van der Waals surface area contributed by atoms with E-state index >= 15 is 0 Å². The average Bonchev–Trinajstić information content (AvgIpc) is 2.92. The second-order valence-electron chi connectivity index (χ2n) is 13.2. The van der Waals surface area contributed by atoms with Crippen LogP contribution in [0.5, 0.6) is 0 Å². The van der Waals surface area contributed by atoms with E-state index in [9.17, 15) is 4.79 Å². The summed E-state index contributed by atoms with van der Waals surface area (Å²) in [5, 5.41) is 3.53. The van der Waals surface area contributed by atoms with Gasteiger partial charge in [0.2, 0.25) is 23.8 Å². The molecule has 0 bridgehead atoms. The van der Waals surface area contributed by atoms with Crippen LogP contribution in [0.15, 0.2) is 0 Å². The zero-order valence-corrected chi connectivity index (χ0v) is 24.3. The van der Waals surface area contributed by atoms with Crippen molar-refractivity contribution in [3.05, 3.63) is 0 Å². The number of hydrogen-bond donors (Lipinski definition) is 1. The third kappa shape index (κ3) is 6.35. The molecule has 0 radical (unpaired) electrons. The molecule has 0 aromatic carbocycles. The lowest BCUT2D eigenvalue weighted by atomic mass is 9.90. The minimum atomic E-state index is -0.562. The van der Waals surface area contributed by atoms with E-state index in [0.717, 1.165) is 63.4 Å². The van der Waals surface area contributed by atoms with Crippen LogP contribution in [0.4, 0.5) is 17.8 Å². The summed E-state index contributed by atoms with van der Waals surface area (Å²) in [6.45, 7) is 14.6. The first kappa shape index (κ1) is 27.4. The number of carbonyl (C=O) groups excluding carboxylic acids is 1. The molecule has 4 fully saturated rings. The first-order valence-corrected chi connectivity index (χ1v) is 15.3. The molecule has 1 amide bonds. The molecule has 0 atom stereocenters. The van der Waals surface area contributed by atoms with Crippen LogP contribution < -0.4 is 20.0 Å². The Morgan fingerprint density at radius 3 is 1.87 bits per heavy atom. The van der Waals surface area contributed by atoms with E-state index in [2.05, 4.69) is 38.8 Å². The van der Waals surface area contributed by atoms with Gasteiger partial charge in [-0.2, -0.15) is 15.0 Å². The van der Waals surface area contributed by atoms with Crippen LogP contribution in [-0.2, 0) is 4.79 Å². The average molecular weight is 527 g/mol. The van der Waals surface area contributed by atoms with Gasteiger partial charge in [-0.3, -0.25) is 10.1 Å². The van der Waals surface area contributed by atoms with Gasteiger partial charge in [0.25, 0.3) is 0 Å². The lowest BCUT2D eigenvalue weighted by molar-refractivity contribution is -0.143. The molecule has 4 aliphatic rings. The van der Waals surface area contributed by atoms with Crippen LogP contribution in [0.2, 0.25) is 0 Å². The molecule has 1 aliphatic carbocycles. The fourth-order valence-electron chi connectivity index (χ4n) is 7.07. The summed E-state index contributed by atoms with van der Waals surface area (Å²) in [6, 6.07) is 0.411. The van der Waals surface area contributed by atoms with E-state index in [0.29, 0.717) is 19.1 Å². The summed E-state index contributed by atoms with van der Waals surface area (Å²) in [7, 11) is 0. The van der Waals surface area contributed by atoms with Crippen molar-refractivity contribution in [2.24, 2.45) is 0 Å². The monoisotopic (exact) mass is 526 g/mol. The van der Waals surface area contributed by atoms with Crippen molar-refractivity contribution in [2.45, 2.75) is 115 Å². The highest BCUT2D eigenvalue weighted by atomic mass is 16.2. The minimum absolute atomic E-state index is 0.122. The van der Waals surface area contributed by atoms with Gasteiger partial charge in [0.15, 0.2) is 0 Å². The van der Waals surface area contributed by atoms with Gasteiger partial charge < -0.3 is 19.6 Å². The van der Waals surface area contributed by atoms with Gasteiger partial charge in [0.1, 0.15) is 0 Å². The van der Waals surface area contributed by atoms with E-state index < -0.39 is 5.54 Å². The highest BCUT2D eigenvalue weighted by Gasteiger charge is 2.43. The second-order valence-corrected chi connectivity index (χ2v) is 13.2. The maximum absolute atomic E-state index is 13.4. The zero-order chi connectivity index (χ0) is 26.8. The number of carbonyl (C=O) groups is 1. The maximum Gasteiger partial charge on any atom is 0.242 e. The number of aromatic nitrogens is 3. The first-order chi connectivity index (χ1) is 18.2. The molecule has 9 nitrogen and oxygen atoms in total. The molecule has 0 spiro atoms. The third-order valence-electron chi connectivity index (χ3n) is 8.82. The number of piperidine rings is 2. The number of nitrogens with zero attached hydrogens (tertiary/aromatic N) is 7. The Kier molecular flexibility index (Phi) is 8.31. The summed E-state index contributed by atoms with van der Waals surface area (Å²) in [5.41, 5.74) is -0.684. The number of rotatable bonds is 7. The third-order valence-corrected chi connectivity index (χ3v) is 8.82. The Labute approximate surface area is 229 Å². The van der Waals surface area contributed by atoms with Crippen LogP contribution in [-0.4, -0.2) is 88.7 Å².